The molecule has 0 unspecified atom stereocenters. The molecule has 3 aromatic rings. The molecule has 156 valence electrons. The largest absolute Gasteiger partial charge is 0.506 e. The van der Waals surface area contributed by atoms with Crippen molar-refractivity contribution in [2.75, 3.05) is 24.5 Å². The van der Waals surface area contributed by atoms with Crippen molar-refractivity contribution in [3.05, 3.63) is 47.8 Å². The monoisotopic (exact) mass is 406 g/mol. The van der Waals surface area contributed by atoms with Crippen LogP contribution in [-0.4, -0.2) is 60.9 Å². The number of nitrogens with one attached hydrogen (secondary N) is 1. The zero-order valence-electron chi connectivity index (χ0n) is 17.4. The second-order valence-electron chi connectivity index (χ2n) is 7.93. The first-order valence-corrected chi connectivity index (χ1v) is 10.1. The van der Waals surface area contributed by atoms with E-state index < -0.39 is 0 Å². The highest BCUT2D eigenvalue weighted by Crippen LogP contribution is 2.26. The molecule has 0 spiro atoms. The quantitative estimate of drug-likeness (QED) is 0.654. The Morgan fingerprint density at radius 3 is 2.63 bits per heavy atom. The second kappa shape index (κ2) is 8.66. The molecule has 9 nitrogen and oxygen atoms in total. The molecular weight excluding hydrogens is 380 g/mol. The summed E-state index contributed by atoms with van der Waals surface area (Å²) in [5, 5.41) is 22.5. The summed E-state index contributed by atoms with van der Waals surface area (Å²) in [6, 6.07) is 2.07. The molecule has 1 aliphatic heterocycles. The first-order valence-electron chi connectivity index (χ1n) is 10.1. The molecule has 0 amide bonds. The third kappa shape index (κ3) is 4.51. The van der Waals surface area contributed by atoms with Crippen LogP contribution in [0.3, 0.4) is 0 Å². The normalized spacial score (nSPS) is 16.8. The van der Waals surface area contributed by atoms with Crippen molar-refractivity contribution in [1.82, 2.24) is 35.5 Å². The Hall–Kier alpha value is -3.20. The first-order chi connectivity index (χ1) is 14.5. The minimum Gasteiger partial charge on any atom is -0.506 e. The Bertz CT molecular complexity index is 991. The number of hydrogen-bond donors (Lipinski definition) is 2. The lowest BCUT2D eigenvalue weighted by atomic mass is 10.0. The van der Waals surface area contributed by atoms with Crippen LogP contribution in [0.5, 0.6) is 5.75 Å². The summed E-state index contributed by atoms with van der Waals surface area (Å²) in [6.07, 6.45) is 7.31. The lowest BCUT2D eigenvalue weighted by molar-refractivity contribution is 0.365. The van der Waals surface area contributed by atoms with Crippen molar-refractivity contribution < 1.29 is 5.11 Å². The minimum absolute atomic E-state index is 0.0402. The van der Waals surface area contributed by atoms with Gasteiger partial charge in [0.2, 0.25) is 5.95 Å². The van der Waals surface area contributed by atoms with E-state index in [0.717, 1.165) is 36.6 Å². The Balaban J connectivity index is 1.48. The van der Waals surface area contributed by atoms with Gasteiger partial charge in [0.15, 0.2) is 0 Å². The number of aromatic hydroxyl groups is 1. The second-order valence-corrected chi connectivity index (χ2v) is 7.93. The Labute approximate surface area is 175 Å². The molecule has 1 saturated heterocycles. The van der Waals surface area contributed by atoms with Crippen LogP contribution in [0.25, 0.3) is 11.4 Å². The molecular formula is C21H26N8O. The predicted octanol–water partition coefficient (Wildman–Crippen LogP) is 1.76. The molecule has 4 heterocycles. The van der Waals surface area contributed by atoms with Gasteiger partial charge in [-0.15, -0.1) is 10.2 Å². The fourth-order valence-electron chi connectivity index (χ4n) is 3.44. The zero-order chi connectivity index (χ0) is 21.1. The summed E-state index contributed by atoms with van der Waals surface area (Å²) in [5.41, 5.74) is 3.32. The van der Waals surface area contributed by atoms with E-state index in [2.05, 4.69) is 54.2 Å². The highest BCUT2D eigenvalue weighted by molar-refractivity contribution is 5.61. The van der Waals surface area contributed by atoms with E-state index in [4.69, 9.17) is 0 Å². The molecule has 2 N–H and O–H groups in total. The van der Waals surface area contributed by atoms with Crippen LogP contribution >= 0.6 is 0 Å². The minimum atomic E-state index is 0.0402. The number of aromatic nitrogens is 6. The van der Waals surface area contributed by atoms with Crippen LogP contribution in [-0.2, 0) is 6.42 Å². The van der Waals surface area contributed by atoms with Crippen LogP contribution in [0.1, 0.15) is 30.8 Å². The summed E-state index contributed by atoms with van der Waals surface area (Å²) in [6.45, 7) is 8.87. The molecule has 3 aromatic heterocycles. The average molecular weight is 406 g/mol. The third-order valence-electron chi connectivity index (χ3n) is 5.23. The Kier molecular flexibility index (Phi) is 5.80. The number of hydrogen-bond acceptors (Lipinski definition) is 9. The Morgan fingerprint density at radius 2 is 1.97 bits per heavy atom. The maximum Gasteiger partial charge on any atom is 0.245 e. The smallest absolute Gasteiger partial charge is 0.245 e. The predicted molar refractivity (Wildman–Crippen MR) is 113 cm³/mol. The van der Waals surface area contributed by atoms with Crippen molar-refractivity contribution >= 4 is 5.95 Å². The lowest BCUT2D eigenvalue weighted by Gasteiger charge is -2.35. The van der Waals surface area contributed by atoms with E-state index in [-0.39, 0.29) is 5.75 Å². The van der Waals surface area contributed by atoms with Gasteiger partial charge >= 0.3 is 0 Å². The maximum absolute atomic E-state index is 10.5. The van der Waals surface area contributed by atoms with Gasteiger partial charge in [0.1, 0.15) is 17.1 Å². The van der Waals surface area contributed by atoms with Gasteiger partial charge in [-0.1, -0.05) is 13.8 Å². The molecule has 0 radical (unpaired) electrons. The van der Waals surface area contributed by atoms with Crippen LogP contribution in [0.2, 0.25) is 0 Å². The van der Waals surface area contributed by atoms with Gasteiger partial charge in [-0.25, -0.2) is 4.98 Å². The van der Waals surface area contributed by atoms with Gasteiger partial charge in [-0.2, -0.15) is 0 Å². The van der Waals surface area contributed by atoms with Gasteiger partial charge in [0.05, 0.1) is 17.6 Å². The van der Waals surface area contributed by atoms with Gasteiger partial charge in [0.25, 0.3) is 0 Å². The standard InChI is InChI=1S/C21H26N8O/c1-13(2)18-12-29(5-4-22-18)21-26-11-17(27-28-21)20-19(30)7-15(9-25-20)6-16-10-23-14(3)8-24-16/h7-11,13,18,22,30H,4-6,12H2,1-3H3/t18-/m1/s1. The van der Waals surface area contributed by atoms with E-state index in [1.54, 1.807) is 30.9 Å². The van der Waals surface area contributed by atoms with Gasteiger partial charge in [0, 0.05) is 50.7 Å². The SMILES string of the molecule is Cc1cnc(Cc2cnc(-c3cnc(N4CCN[C@@H](C(C)C)C4)nn3)c(O)c2)cn1. The van der Waals surface area contributed by atoms with Gasteiger partial charge in [-0.3, -0.25) is 15.0 Å². The van der Waals surface area contributed by atoms with E-state index in [1.165, 1.54) is 0 Å². The number of aryl methyl sites for hydroxylation is 1. The van der Waals surface area contributed by atoms with Crippen molar-refractivity contribution in [3.63, 3.8) is 0 Å². The van der Waals surface area contributed by atoms with Crippen LogP contribution in [0.15, 0.2) is 30.9 Å². The fourth-order valence-corrected chi connectivity index (χ4v) is 3.44. The average Bonchev–Trinajstić information content (AvgIpc) is 2.76. The zero-order valence-corrected chi connectivity index (χ0v) is 17.4. The van der Waals surface area contributed by atoms with Crippen LogP contribution in [0, 0.1) is 12.8 Å². The van der Waals surface area contributed by atoms with Crippen LogP contribution < -0.4 is 10.2 Å². The number of piperazine rings is 1. The van der Waals surface area contributed by atoms with E-state index >= 15 is 0 Å². The maximum atomic E-state index is 10.5. The summed E-state index contributed by atoms with van der Waals surface area (Å²) < 4.78 is 0. The number of anilines is 1. The molecule has 0 bridgehead atoms. The van der Waals surface area contributed by atoms with Gasteiger partial charge < -0.3 is 15.3 Å². The summed E-state index contributed by atoms with van der Waals surface area (Å²) >= 11 is 0. The number of rotatable bonds is 5. The topological polar surface area (TPSA) is 113 Å². The molecule has 0 aliphatic carbocycles. The van der Waals surface area contributed by atoms with Crippen molar-refractivity contribution in [2.24, 2.45) is 5.92 Å². The number of pyridine rings is 1. The molecule has 9 heteroatoms. The fraction of sp³-hybridized carbons (Fsp3) is 0.429. The molecule has 1 aliphatic rings. The summed E-state index contributed by atoms with van der Waals surface area (Å²) in [5.74, 6) is 1.17. The van der Waals surface area contributed by atoms with Crippen molar-refractivity contribution in [2.45, 2.75) is 33.2 Å². The van der Waals surface area contributed by atoms with E-state index in [0.29, 0.717) is 35.7 Å². The number of nitrogens with zero attached hydrogens (tertiary/aromatic N) is 7. The molecule has 1 atom stereocenters. The molecule has 30 heavy (non-hydrogen) atoms. The third-order valence-corrected chi connectivity index (χ3v) is 5.23. The molecule has 1 fully saturated rings. The van der Waals surface area contributed by atoms with E-state index in [9.17, 15) is 5.11 Å². The first kappa shape index (κ1) is 20.1. The molecule has 0 saturated carbocycles. The highest BCUT2D eigenvalue weighted by Gasteiger charge is 2.24. The summed E-state index contributed by atoms with van der Waals surface area (Å²) in [4.78, 5) is 19.6. The Morgan fingerprint density at radius 1 is 1.10 bits per heavy atom. The summed E-state index contributed by atoms with van der Waals surface area (Å²) in [7, 11) is 0. The highest BCUT2D eigenvalue weighted by atomic mass is 16.3. The van der Waals surface area contributed by atoms with Crippen LogP contribution in [0.4, 0.5) is 5.95 Å². The van der Waals surface area contributed by atoms with E-state index in [1.807, 2.05) is 6.92 Å². The van der Waals surface area contributed by atoms with Gasteiger partial charge in [-0.05, 0) is 24.5 Å². The van der Waals surface area contributed by atoms with Crippen molar-refractivity contribution in [3.8, 4) is 17.1 Å². The lowest BCUT2D eigenvalue weighted by Crippen LogP contribution is -2.53. The molecule has 4 rings (SSSR count). The molecule has 0 aromatic carbocycles. The van der Waals surface area contributed by atoms with Crippen molar-refractivity contribution in [1.29, 1.82) is 0 Å².